The number of fused-ring (bicyclic) bond motifs is 1. The van der Waals surface area contributed by atoms with E-state index in [9.17, 15) is 4.79 Å². The van der Waals surface area contributed by atoms with Crippen LogP contribution in [-0.4, -0.2) is 11.9 Å². The van der Waals surface area contributed by atoms with Gasteiger partial charge in [0.1, 0.15) is 0 Å². The summed E-state index contributed by atoms with van der Waals surface area (Å²) in [5, 5.41) is 2.88. The van der Waals surface area contributed by atoms with Gasteiger partial charge in [-0.05, 0) is 37.3 Å². The number of carbonyl (C=O) groups is 1. The molecule has 0 unspecified atom stereocenters. The van der Waals surface area contributed by atoms with Gasteiger partial charge in [-0.15, -0.1) is 11.3 Å². The van der Waals surface area contributed by atoms with Gasteiger partial charge in [-0.25, -0.2) is 0 Å². The third-order valence-electron chi connectivity index (χ3n) is 3.01. The van der Waals surface area contributed by atoms with Crippen LogP contribution in [0.4, 0.5) is 0 Å². The molecular weight excluding hydrogens is 220 g/mol. The molecule has 1 aromatic rings. The number of hydrogen-bond acceptors (Lipinski definition) is 3. The van der Waals surface area contributed by atoms with E-state index in [0.717, 1.165) is 0 Å². The summed E-state index contributed by atoms with van der Waals surface area (Å²) in [4.78, 5) is 14.2. The average molecular weight is 238 g/mol. The van der Waals surface area contributed by atoms with E-state index in [-0.39, 0.29) is 11.9 Å². The summed E-state index contributed by atoms with van der Waals surface area (Å²) in [5.41, 5.74) is 7.13. The highest BCUT2D eigenvalue weighted by atomic mass is 32.1. The first-order valence-corrected chi connectivity index (χ1v) is 6.66. The molecule has 3 N–H and O–H groups in total. The molecule has 3 nitrogen and oxygen atoms in total. The summed E-state index contributed by atoms with van der Waals surface area (Å²) in [6.07, 6.45) is 4.39. The van der Waals surface area contributed by atoms with Crippen molar-refractivity contribution in [3.05, 3.63) is 21.4 Å². The monoisotopic (exact) mass is 238 g/mol. The number of amides is 1. The largest absolute Gasteiger partial charge is 0.350 e. The van der Waals surface area contributed by atoms with Crippen molar-refractivity contribution in [1.29, 1.82) is 0 Å². The number of carbonyl (C=O) groups excluding carboxylic acids is 1. The Labute approximate surface area is 100 Å². The first-order valence-electron chi connectivity index (χ1n) is 5.84. The van der Waals surface area contributed by atoms with E-state index < -0.39 is 0 Å². The topological polar surface area (TPSA) is 55.1 Å². The normalized spacial score (nSPS) is 15.9. The molecule has 0 saturated carbocycles. The molecule has 0 saturated heterocycles. The van der Waals surface area contributed by atoms with Gasteiger partial charge in [0.25, 0.3) is 0 Å². The predicted octanol–water partition coefficient (Wildman–Crippen LogP) is 1.59. The third kappa shape index (κ3) is 2.44. The van der Waals surface area contributed by atoms with Gasteiger partial charge in [-0.3, -0.25) is 4.79 Å². The van der Waals surface area contributed by atoms with Gasteiger partial charge >= 0.3 is 0 Å². The maximum Gasteiger partial charge on any atom is 0.237 e. The lowest BCUT2D eigenvalue weighted by Crippen LogP contribution is -2.39. The van der Waals surface area contributed by atoms with E-state index in [1.807, 2.05) is 18.3 Å². The minimum Gasteiger partial charge on any atom is -0.350 e. The summed E-state index contributed by atoms with van der Waals surface area (Å²) in [7, 11) is 0. The second kappa shape index (κ2) is 4.97. The van der Waals surface area contributed by atoms with Crippen LogP contribution >= 0.6 is 11.3 Å². The van der Waals surface area contributed by atoms with E-state index in [1.165, 1.54) is 34.6 Å². The Bertz CT molecular complexity index is 365. The molecule has 1 heterocycles. The van der Waals surface area contributed by atoms with Gasteiger partial charge in [0.2, 0.25) is 5.91 Å². The fourth-order valence-corrected chi connectivity index (χ4v) is 3.17. The van der Waals surface area contributed by atoms with Crippen LogP contribution in [0, 0.1) is 0 Å². The van der Waals surface area contributed by atoms with E-state index in [4.69, 9.17) is 5.73 Å². The maximum absolute atomic E-state index is 11.5. The number of nitrogens with two attached hydrogens (primary N) is 1. The van der Waals surface area contributed by atoms with Gasteiger partial charge in [-0.1, -0.05) is 6.92 Å². The fourth-order valence-electron chi connectivity index (χ4n) is 1.97. The summed E-state index contributed by atoms with van der Waals surface area (Å²) in [6, 6.07) is 1.86. The molecule has 0 bridgehead atoms. The zero-order valence-electron chi connectivity index (χ0n) is 9.58. The Morgan fingerprint density at radius 1 is 1.62 bits per heavy atom. The highest BCUT2D eigenvalue weighted by Gasteiger charge is 2.16. The van der Waals surface area contributed by atoms with Gasteiger partial charge in [0.05, 0.1) is 12.6 Å². The average Bonchev–Trinajstić information content (AvgIpc) is 2.84. The molecule has 2 rings (SSSR count). The minimum absolute atomic E-state index is 0.0453. The van der Waals surface area contributed by atoms with Crippen LogP contribution in [0.5, 0.6) is 0 Å². The van der Waals surface area contributed by atoms with Gasteiger partial charge in [0, 0.05) is 9.75 Å². The van der Waals surface area contributed by atoms with Crippen LogP contribution in [0.2, 0.25) is 0 Å². The Balaban J connectivity index is 1.88. The number of nitrogens with one attached hydrogen (secondary N) is 1. The number of aryl methyl sites for hydroxylation is 2. The number of thiophene rings is 1. The van der Waals surface area contributed by atoms with Crippen molar-refractivity contribution in [3.8, 4) is 0 Å². The third-order valence-corrected chi connectivity index (χ3v) is 4.25. The van der Waals surface area contributed by atoms with Gasteiger partial charge in [0.15, 0.2) is 0 Å². The van der Waals surface area contributed by atoms with Crippen LogP contribution in [0.25, 0.3) is 0 Å². The lowest BCUT2D eigenvalue weighted by molar-refractivity contribution is -0.122. The van der Waals surface area contributed by atoms with Crippen LogP contribution in [-0.2, 0) is 24.2 Å². The second-order valence-electron chi connectivity index (χ2n) is 4.25. The highest BCUT2D eigenvalue weighted by Crippen LogP contribution is 2.30. The molecule has 0 aromatic carbocycles. The Kier molecular flexibility index (Phi) is 3.61. The van der Waals surface area contributed by atoms with E-state index in [0.29, 0.717) is 13.0 Å². The fraction of sp³-hybridized carbons (Fsp3) is 0.583. The van der Waals surface area contributed by atoms with Gasteiger partial charge < -0.3 is 11.1 Å². The Hall–Kier alpha value is -0.870. The molecular formula is C12H18N2OS. The van der Waals surface area contributed by atoms with Crippen LogP contribution in [0.3, 0.4) is 0 Å². The van der Waals surface area contributed by atoms with Crippen LogP contribution in [0.1, 0.15) is 35.1 Å². The van der Waals surface area contributed by atoms with E-state index >= 15 is 0 Å². The summed E-state index contributed by atoms with van der Waals surface area (Å²) in [5.74, 6) is -0.0453. The van der Waals surface area contributed by atoms with Crippen molar-refractivity contribution >= 4 is 17.2 Å². The molecule has 0 fully saturated rings. The molecule has 1 atom stereocenters. The summed E-state index contributed by atoms with van der Waals surface area (Å²) in [6.45, 7) is 2.55. The molecule has 88 valence electrons. The standard InChI is InChI=1S/C12H18N2OS/c1-2-10(13)12(15)14-7-9-6-8-4-3-5-11(8)16-9/h6,10H,2-5,7,13H2,1H3,(H,14,15)/t10-/m1/s1. The molecule has 0 radical (unpaired) electrons. The second-order valence-corrected chi connectivity index (χ2v) is 5.47. The number of hydrogen-bond donors (Lipinski definition) is 2. The molecule has 1 aliphatic carbocycles. The van der Waals surface area contributed by atoms with Crippen LogP contribution in [0.15, 0.2) is 6.07 Å². The van der Waals surface area contributed by atoms with Gasteiger partial charge in [-0.2, -0.15) is 0 Å². The van der Waals surface area contributed by atoms with Crippen molar-refractivity contribution in [1.82, 2.24) is 5.32 Å². The molecule has 0 aliphatic heterocycles. The first kappa shape index (κ1) is 11.6. The summed E-state index contributed by atoms with van der Waals surface area (Å²) < 4.78 is 0. The zero-order chi connectivity index (χ0) is 11.5. The minimum atomic E-state index is -0.369. The van der Waals surface area contributed by atoms with Crippen molar-refractivity contribution in [2.24, 2.45) is 5.73 Å². The predicted molar refractivity (Wildman–Crippen MR) is 66.5 cm³/mol. The molecule has 1 aliphatic rings. The zero-order valence-corrected chi connectivity index (χ0v) is 10.4. The Morgan fingerprint density at radius 3 is 3.12 bits per heavy atom. The quantitative estimate of drug-likeness (QED) is 0.837. The lowest BCUT2D eigenvalue weighted by atomic mass is 10.2. The highest BCUT2D eigenvalue weighted by molar-refractivity contribution is 7.12. The molecule has 1 amide bonds. The molecule has 0 spiro atoms. The van der Waals surface area contributed by atoms with Crippen LogP contribution < -0.4 is 11.1 Å². The van der Waals surface area contributed by atoms with E-state index in [2.05, 4.69) is 11.4 Å². The Morgan fingerprint density at radius 2 is 2.44 bits per heavy atom. The lowest BCUT2D eigenvalue weighted by Gasteiger charge is -2.08. The molecule has 16 heavy (non-hydrogen) atoms. The number of rotatable bonds is 4. The summed E-state index contributed by atoms with van der Waals surface area (Å²) >= 11 is 1.83. The van der Waals surface area contributed by atoms with Crippen molar-refractivity contribution in [2.75, 3.05) is 0 Å². The molecule has 1 aromatic heterocycles. The molecule has 4 heteroatoms. The van der Waals surface area contributed by atoms with Crippen molar-refractivity contribution < 1.29 is 4.79 Å². The first-order chi connectivity index (χ1) is 7.70. The van der Waals surface area contributed by atoms with E-state index in [1.54, 1.807) is 0 Å². The SMILES string of the molecule is CC[C@@H](N)C(=O)NCc1cc2c(s1)CCC2. The van der Waals surface area contributed by atoms with Crippen molar-refractivity contribution in [2.45, 2.75) is 45.2 Å². The smallest absolute Gasteiger partial charge is 0.237 e. The van der Waals surface area contributed by atoms with Crippen molar-refractivity contribution in [3.63, 3.8) is 0 Å². The maximum atomic E-state index is 11.5.